The van der Waals surface area contributed by atoms with Crippen molar-refractivity contribution in [2.45, 2.75) is 78.6 Å². The number of ether oxygens (including phenoxy) is 2. The first-order chi connectivity index (χ1) is 17.1. The van der Waals surface area contributed by atoms with Crippen LogP contribution in [0.3, 0.4) is 0 Å². The predicted octanol–water partition coefficient (Wildman–Crippen LogP) is 7.58. The van der Waals surface area contributed by atoms with E-state index in [1.807, 2.05) is 38.1 Å². The van der Waals surface area contributed by atoms with Crippen LogP contribution in [0.1, 0.15) is 93.0 Å². The van der Waals surface area contributed by atoms with E-state index in [1.165, 1.54) is 35.1 Å². The molecule has 192 valence electrons. The maximum Gasteiger partial charge on any atom is 0.291 e. The highest BCUT2D eigenvalue weighted by Crippen LogP contribution is 2.46. The van der Waals surface area contributed by atoms with Crippen LogP contribution in [-0.4, -0.2) is 19.1 Å². The minimum Gasteiger partial charge on any atom is -0.492 e. The first-order valence-electron chi connectivity index (χ1n) is 13.0. The lowest BCUT2D eigenvalue weighted by Crippen LogP contribution is -2.34. The number of fused-ring (bicyclic) bond motifs is 1. The number of nitrogens with one attached hydrogen (secondary N) is 1. The molecule has 1 aliphatic rings. The summed E-state index contributed by atoms with van der Waals surface area (Å²) >= 11 is 0. The monoisotopic (exact) mass is 489 g/mol. The van der Waals surface area contributed by atoms with Gasteiger partial charge in [0, 0.05) is 6.42 Å². The summed E-state index contributed by atoms with van der Waals surface area (Å²) in [7, 11) is 0. The van der Waals surface area contributed by atoms with Crippen molar-refractivity contribution in [3.63, 3.8) is 0 Å². The van der Waals surface area contributed by atoms with Gasteiger partial charge in [0.15, 0.2) is 5.76 Å². The molecule has 0 aliphatic heterocycles. The zero-order chi connectivity index (χ0) is 26.1. The van der Waals surface area contributed by atoms with Crippen LogP contribution in [0.2, 0.25) is 0 Å². The molecule has 2 aromatic carbocycles. The zero-order valence-electron chi connectivity index (χ0n) is 22.7. The number of anilines is 1. The van der Waals surface area contributed by atoms with Crippen molar-refractivity contribution >= 4 is 11.6 Å². The number of carbonyl (C=O) groups is 1. The highest BCUT2D eigenvalue weighted by molar-refractivity contribution is 6.04. The summed E-state index contributed by atoms with van der Waals surface area (Å²) < 4.78 is 17.4. The Balaban J connectivity index is 1.57. The quantitative estimate of drug-likeness (QED) is 0.354. The highest BCUT2D eigenvalue weighted by atomic mass is 16.5. The van der Waals surface area contributed by atoms with Crippen molar-refractivity contribution < 1.29 is 18.7 Å². The number of para-hydroxylation sites is 1. The molecule has 36 heavy (non-hydrogen) atoms. The Morgan fingerprint density at radius 3 is 2.08 bits per heavy atom. The van der Waals surface area contributed by atoms with E-state index < -0.39 is 0 Å². The number of amides is 1. The van der Waals surface area contributed by atoms with Gasteiger partial charge in [0.1, 0.15) is 22.9 Å². The van der Waals surface area contributed by atoms with Crippen molar-refractivity contribution in [3.8, 4) is 11.5 Å². The lowest BCUT2D eigenvalue weighted by molar-refractivity contribution is 0.0994. The normalized spacial score (nSPS) is 15.8. The molecule has 0 fully saturated rings. The van der Waals surface area contributed by atoms with Gasteiger partial charge in [0.2, 0.25) is 0 Å². The number of aryl methyl sites for hydroxylation is 1. The number of benzene rings is 2. The van der Waals surface area contributed by atoms with Gasteiger partial charge in [-0.25, -0.2) is 0 Å². The molecular weight excluding hydrogens is 450 g/mol. The van der Waals surface area contributed by atoms with Crippen LogP contribution >= 0.6 is 0 Å². The van der Waals surface area contributed by atoms with Gasteiger partial charge in [-0.05, 0) is 91.0 Å². The number of carbonyl (C=O) groups excluding carboxylic acids is 1. The third kappa shape index (κ3) is 5.16. The van der Waals surface area contributed by atoms with Crippen LogP contribution in [0.4, 0.5) is 5.69 Å². The molecule has 0 radical (unpaired) electrons. The third-order valence-electron chi connectivity index (χ3n) is 7.39. The summed E-state index contributed by atoms with van der Waals surface area (Å²) in [4.78, 5) is 13.1. The van der Waals surface area contributed by atoms with Crippen LogP contribution in [0.15, 0.2) is 46.9 Å². The SMILES string of the molecule is CCOc1cccc(OCC)c1NC(=O)c1ccc(Cc2cc3c(cc2C)C(C)(C)CCC3(C)C)o1. The van der Waals surface area contributed by atoms with Crippen molar-refractivity contribution in [3.05, 3.63) is 76.2 Å². The van der Waals surface area contributed by atoms with Crippen molar-refractivity contribution in [1.29, 1.82) is 0 Å². The van der Waals surface area contributed by atoms with Crippen LogP contribution < -0.4 is 14.8 Å². The first kappa shape index (κ1) is 25.9. The van der Waals surface area contributed by atoms with Gasteiger partial charge < -0.3 is 19.2 Å². The summed E-state index contributed by atoms with van der Waals surface area (Å²) in [5, 5.41) is 2.93. The van der Waals surface area contributed by atoms with Gasteiger partial charge in [-0.15, -0.1) is 0 Å². The number of rotatable bonds is 8. The van der Waals surface area contributed by atoms with Gasteiger partial charge in [-0.2, -0.15) is 0 Å². The maximum atomic E-state index is 13.1. The van der Waals surface area contributed by atoms with E-state index >= 15 is 0 Å². The molecule has 1 aliphatic carbocycles. The summed E-state index contributed by atoms with van der Waals surface area (Å²) in [5.41, 5.74) is 6.22. The second-order valence-corrected chi connectivity index (χ2v) is 11.0. The van der Waals surface area contributed by atoms with E-state index in [9.17, 15) is 4.79 Å². The lowest BCUT2D eigenvalue weighted by atomic mass is 9.62. The molecule has 5 nitrogen and oxygen atoms in total. The summed E-state index contributed by atoms with van der Waals surface area (Å²) in [6.07, 6.45) is 3.01. The smallest absolute Gasteiger partial charge is 0.291 e. The minimum absolute atomic E-state index is 0.147. The van der Waals surface area contributed by atoms with Gasteiger partial charge in [-0.1, -0.05) is 45.9 Å². The molecule has 0 unspecified atom stereocenters. The highest BCUT2D eigenvalue weighted by Gasteiger charge is 2.37. The Morgan fingerprint density at radius 1 is 0.917 bits per heavy atom. The second kappa shape index (κ2) is 10.0. The van der Waals surface area contributed by atoms with Gasteiger partial charge in [0.05, 0.1) is 13.2 Å². The van der Waals surface area contributed by atoms with Crippen molar-refractivity contribution in [2.75, 3.05) is 18.5 Å². The van der Waals surface area contributed by atoms with Crippen molar-refractivity contribution in [1.82, 2.24) is 0 Å². The fourth-order valence-electron chi connectivity index (χ4n) is 5.10. The molecule has 0 saturated carbocycles. The molecule has 1 N–H and O–H groups in total. The van der Waals surface area contributed by atoms with Crippen LogP contribution in [-0.2, 0) is 17.3 Å². The molecule has 0 spiro atoms. The second-order valence-electron chi connectivity index (χ2n) is 11.0. The maximum absolute atomic E-state index is 13.1. The molecule has 1 heterocycles. The Morgan fingerprint density at radius 2 is 1.50 bits per heavy atom. The Hall–Kier alpha value is -3.21. The fourth-order valence-corrected chi connectivity index (χ4v) is 5.10. The van der Waals surface area contributed by atoms with E-state index in [1.54, 1.807) is 6.07 Å². The molecule has 5 heteroatoms. The standard InChI is InChI=1S/C31H39NO4/c1-8-34-25-11-10-12-26(35-9-2)28(25)32-29(33)27-14-13-22(36-27)18-21-19-24-23(17-20(21)3)30(4,5)15-16-31(24,6)7/h10-14,17,19H,8-9,15-16,18H2,1-7H3,(H,32,33). The van der Waals surface area contributed by atoms with Gasteiger partial charge in [0.25, 0.3) is 5.91 Å². The topological polar surface area (TPSA) is 60.7 Å². The molecule has 1 amide bonds. The van der Waals surface area contributed by atoms with Crippen LogP contribution in [0.5, 0.6) is 11.5 Å². The fraction of sp³-hybridized carbons (Fsp3) is 0.452. The lowest BCUT2D eigenvalue weighted by Gasteiger charge is -2.42. The van der Waals surface area contributed by atoms with E-state index in [4.69, 9.17) is 13.9 Å². The third-order valence-corrected chi connectivity index (χ3v) is 7.39. The molecule has 3 aromatic rings. The Labute approximate surface area is 215 Å². The largest absolute Gasteiger partial charge is 0.492 e. The molecule has 0 saturated heterocycles. The molecule has 0 bridgehead atoms. The average molecular weight is 490 g/mol. The summed E-state index contributed by atoms with van der Waals surface area (Å²) in [6.45, 7) is 16.3. The number of hydrogen-bond acceptors (Lipinski definition) is 4. The van der Waals surface area contributed by atoms with Crippen LogP contribution in [0.25, 0.3) is 0 Å². The van der Waals surface area contributed by atoms with Gasteiger partial charge >= 0.3 is 0 Å². The molecule has 0 atom stereocenters. The minimum atomic E-state index is -0.334. The molecular formula is C31H39NO4. The molecule has 4 rings (SSSR count). The van der Waals surface area contributed by atoms with Crippen LogP contribution in [0, 0.1) is 6.92 Å². The van der Waals surface area contributed by atoms with E-state index in [0.717, 1.165) is 5.76 Å². The van der Waals surface area contributed by atoms with E-state index in [2.05, 4.69) is 52.1 Å². The zero-order valence-corrected chi connectivity index (χ0v) is 22.7. The first-order valence-corrected chi connectivity index (χ1v) is 13.0. The van der Waals surface area contributed by atoms with E-state index in [-0.39, 0.29) is 22.5 Å². The Kier molecular flexibility index (Phi) is 7.21. The Bertz CT molecular complexity index is 1230. The average Bonchev–Trinajstić information content (AvgIpc) is 3.29. The summed E-state index contributed by atoms with van der Waals surface area (Å²) in [5.74, 6) is 1.83. The summed E-state index contributed by atoms with van der Waals surface area (Å²) in [6, 6.07) is 13.8. The van der Waals surface area contributed by atoms with Gasteiger partial charge in [-0.3, -0.25) is 4.79 Å². The number of hydrogen-bond donors (Lipinski definition) is 1. The number of furan rings is 1. The molecule has 1 aromatic heterocycles. The van der Waals surface area contributed by atoms with E-state index in [0.29, 0.717) is 36.8 Å². The predicted molar refractivity (Wildman–Crippen MR) is 145 cm³/mol. The van der Waals surface area contributed by atoms with Crippen molar-refractivity contribution in [2.24, 2.45) is 0 Å².